The first-order valence-corrected chi connectivity index (χ1v) is 7.12. The number of thioether (sulfide) groups is 1. The first-order chi connectivity index (χ1) is 8.74. The Balaban J connectivity index is 1.74. The van der Waals surface area contributed by atoms with Gasteiger partial charge in [0.05, 0.1) is 6.54 Å². The van der Waals surface area contributed by atoms with Crippen LogP contribution in [0.15, 0.2) is 29.4 Å². The second-order valence-electron chi connectivity index (χ2n) is 4.24. The number of amides is 1. The van der Waals surface area contributed by atoms with E-state index >= 15 is 0 Å². The van der Waals surface area contributed by atoms with E-state index in [1.165, 1.54) is 5.56 Å². The largest absolute Gasteiger partial charge is 0.376 e. The molecule has 1 aromatic carbocycles. The first kappa shape index (κ1) is 13.0. The predicted molar refractivity (Wildman–Crippen MR) is 77.2 cm³/mol. The highest BCUT2D eigenvalue weighted by Gasteiger charge is 2.09. The average molecular weight is 263 g/mol. The van der Waals surface area contributed by atoms with Gasteiger partial charge in [-0.1, -0.05) is 17.7 Å². The summed E-state index contributed by atoms with van der Waals surface area (Å²) in [6, 6.07) is 7.94. The minimum absolute atomic E-state index is 0.111. The normalized spacial score (nSPS) is 16.8. The molecule has 1 amide bonds. The topological polar surface area (TPSA) is 53.5 Å². The van der Waals surface area contributed by atoms with Gasteiger partial charge in [-0.15, -0.1) is 0 Å². The molecule has 0 atom stereocenters. The van der Waals surface area contributed by atoms with E-state index in [4.69, 9.17) is 0 Å². The third-order valence-electron chi connectivity index (χ3n) is 2.65. The van der Waals surface area contributed by atoms with Crippen molar-refractivity contribution in [3.05, 3.63) is 29.8 Å². The maximum atomic E-state index is 11.6. The third kappa shape index (κ3) is 4.07. The summed E-state index contributed by atoms with van der Waals surface area (Å²) in [5.41, 5.74) is 5.80. The van der Waals surface area contributed by atoms with Crippen LogP contribution in [0.2, 0.25) is 0 Å². The molecule has 96 valence electrons. The van der Waals surface area contributed by atoms with Gasteiger partial charge in [0.15, 0.2) is 0 Å². The summed E-state index contributed by atoms with van der Waals surface area (Å²) in [7, 11) is 0. The van der Waals surface area contributed by atoms with Crippen molar-refractivity contribution in [2.75, 3.05) is 23.4 Å². The molecule has 0 unspecified atom stereocenters. The maximum Gasteiger partial charge on any atom is 0.259 e. The first-order valence-electron chi connectivity index (χ1n) is 5.96. The molecule has 5 heteroatoms. The number of nitrogens with zero attached hydrogens (tertiary/aromatic N) is 1. The number of rotatable bonds is 4. The van der Waals surface area contributed by atoms with Gasteiger partial charge in [-0.2, -0.15) is 16.9 Å². The van der Waals surface area contributed by atoms with Gasteiger partial charge in [0, 0.05) is 17.2 Å². The van der Waals surface area contributed by atoms with Crippen molar-refractivity contribution < 1.29 is 4.79 Å². The number of carbonyl (C=O) groups is 1. The standard InChI is InChI=1S/C13H17N3OS/c1-10-2-4-11(5-3-10)14-8-13(17)16-15-12-6-7-18-9-12/h2-5,14H,6-9H2,1H3,(H,16,17)/b15-12-. The van der Waals surface area contributed by atoms with Gasteiger partial charge in [-0.3, -0.25) is 4.79 Å². The van der Waals surface area contributed by atoms with Crippen molar-refractivity contribution in [2.45, 2.75) is 13.3 Å². The second-order valence-corrected chi connectivity index (χ2v) is 5.34. The summed E-state index contributed by atoms with van der Waals surface area (Å²) >= 11 is 1.85. The molecule has 1 aliphatic heterocycles. The van der Waals surface area contributed by atoms with Crippen LogP contribution in [0.3, 0.4) is 0 Å². The predicted octanol–water partition coefficient (Wildman–Crippen LogP) is 2.02. The zero-order valence-electron chi connectivity index (χ0n) is 10.4. The number of hydrogen-bond donors (Lipinski definition) is 2. The maximum absolute atomic E-state index is 11.6. The molecule has 0 aliphatic carbocycles. The van der Waals surface area contributed by atoms with E-state index in [9.17, 15) is 4.79 Å². The van der Waals surface area contributed by atoms with E-state index in [-0.39, 0.29) is 12.5 Å². The van der Waals surface area contributed by atoms with Crippen molar-refractivity contribution in [2.24, 2.45) is 5.10 Å². The zero-order chi connectivity index (χ0) is 12.8. The average Bonchev–Trinajstić information content (AvgIpc) is 2.89. The van der Waals surface area contributed by atoms with Gasteiger partial charge in [-0.05, 0) is 31.2 Å². The molecule has 4 nitrogen and oxygen atoms in total. The van der Waals surface area contributed by atoms with Gasteiger partial charge < -0.3 is 5.32 Å². The Hall–Kier alpha value is -1.49. The Morgan fingerprint density at radius 2 is 2.17 bits per heavy atom. The molecule has 0 spiro atoms. The summed E-state index contributed by atoms with van der Waals surface area (Å²) in [6.45, 7) is 2.28. The second kappa shape index (κ2) is 6.44. The van der Waals surface area contributed by atoms with Gasteiger partial charge in [0.25, 0.3) is 5.91 Å². The van der Waals surface area contributed by atoms with E-state index in [0.717, 1.165) is 29.3 Å². The molecular weight excluding hydrogens is 246 g/mol. The summed E-state index contributed by atoms with van der Waals surface area (Å²) in [6.07, 6.45) is 0.982. The molecule has 2 rings (SSSR count). The summed E-state index contributed by atoms with van der Waals surface area (Å²) in [5, 5.41) is 7.17. The minimum atomic E-state index is -0.111. The molecule has 1 saturated heterocycles. The summed E-state index contributed by atoms with van der Waals surface area (Å²) in [4.78, 5) is 11.6. The molecule has 1 fully saturated rings. The van der Waals surface area contributed by atoms with Crippen LogP contribution in [0.4, 0.5) is 5.69 Å². The lowest BCUT2D eigenvalue weighted by Crippen LogP contribution is -2.26. The van der Waals surface area contributed by atoms with Gasteiger partial charge in [-0.25, -0.2) is 5.43 Å². The Morgan fingerprint density at radius 3 is 2.83 bits per heavy atom. The number of carbonyl (C=O) groups excluding carboxylic acids is 1. The van der Waals surface area contributed by atoms with Crippen LogP contribution in [-0.4, -0.2) is 29.7 Å². The zero-order valence-corrected chi connectivity index (χ0v) is 11.2. The van der Waals surface area contributed by atoms with E-state index in [2.05, 4.69) is 15.8 Å². The van der Waals surface area contributed by atoms with Crippen LogP contribution in [0.1, 0.15) is 12.0 Å². The van der Waals surface area contributed by atoms with Crippen LogP contribution in [0.25, 0.3) is 0 Å². The highest BCUT2D eigenvalue weighted by atomic mass is 32.2. The number of hydrogen-bond acceptors (Lipinski definition) is 4. The number of anilines is 1. The van der Waals surface area contributed by atoms with E-state index in [0.29, 0.717) is 0 Å². The van der Waals surface area contributed by atoms with Gasteiger partial charge in [0.2, 0.25) is 0 Å². The minimum Gasteiger partial charge on any atom is -0.376 e. The third-order valence-corrected chi connectivity index (χ3v) is 3.68. The Labute approximate surface area is 111 Å². The molecular formula is C13H17N3OS. The lowest BCUT2D eigenvalue weighted by atomic mass is 10.2. The number of nitrogens with one attached hydrogen (secondary N) is 2. The molecule has 1 aromatic rings. The van der Waals surface area contributed by atoms with Gasteiger partial charge >= 0.3 is 0 Å². The fourth-order valence-electron chi connectivity index (χ4n) is 1.57. The monoisotopic (exact) mass is 263 g/mol. The fraction of sp³-hybridized carbons (Fsp3) is 0.385. The van der Waals surface area contributed by atoms with Crippen molar-refractivity contribution in [3.8, 4) is 0 Å². The number of benzene rings is 1. The number of aryl methyl sites for hydroxylation is 1. The smallest absolute Gasteiger partial charge is 0.259 e. The Kier molecular flexibility index (Phi) is 4.64. The molecule has 18 heavy (non-hydrogen) atoms. The lowest BCUT2D eigenvalue weighted by Gasteiger charge is -2.05. The van der Waals surface area contributed by atoms with Crippen molar-refractivity contribution in [1.29, 1.82) is 0 Å². The molecule has 0 bridgehead atoms. The van der Waals surface area contributed by atoms with E-state index < -0.39 is 0 Å². The summed E-state index contributed by atoms with van der Waals surface area (Å²) < 4.78 is 0. The summed E-state index contributed by atoms with van der Waals surface area (Å²) in [5.74, 6) is 1.93. The highest BCUT2D eigenvalue weighted by molar-refractivity contribution is 8.00. The van der Waals surface area contributed by atoms with E-state index in [1.54, 1.807) is 0 Å². The molecule has 0 radical (unpaired) electrons. The van der Waals surface area contributed by atoms with Crippen LogP contribution >= 0.6 is 11.8 Å². The molecule has 1 heterocycles. The Morgan fingerprint density at radius 1 is 1.39 bits per heavy atom. The molecule has 2 N–H and O–H groups in total. The number of hydrazone groups is 1. The van der Waals surface area contributed by atoms with Crippen molar-refractivity contribution in [1.82, 2.24) is 5.43 Å². The van der Waals surface area contributed by atoms with Crippen LogP contribution in [-0.2, 0) is 4.79 Å². The van der Waals surface area contributed by atoms with Crippen LogP contribution < -0.4 is 10.7 Å². The van der Waals surface area contributed by atoms with Gasteiger partial charge in [0.1, 0.15) is 0 Å². The van der Waals surface area contributed by atoms with Crippen molar-refractivity contribution in [3.63, 3.8) is 0 Å². The van der Waals surface area contributed by atoms with Crippen LogP contribution in [0.5, 0.6) is 0 Å². The van der Waals surface area contributed by atoms with Crippen molar-refractivity contribution >= 4 is 29.1 Å². The lowest BCUT2D eigenvalue weighted by molar-refractivity contribution is -0.119. The molecule has 1 aliphatic rings. The van der Waals surface area contributed by atoms with E-state index in [1.807, 2.05) is 43.0 Å². The molecule has 0 aromatic heterocycles. The SMILES string of the molecule is Cc1ccc(NCC(=O)N/N=C2/CCSC2)cc1. The molecule has 0 saturated carbocycles. The fourth-order valence-corrected chi connectivity index (χ4v) is 2.54. The quantitative estimate of drug-likeness (QED) is 0.817. The van der Waals surface area contributed by atoms with Crippen LogP contribution in [0, 0.1) is 6.92 Å². The highest BCUT2D eigenvalue weighted by Crippen LogP contribution is 2.13. The Bertz CT molecular complexity index is 434.